The molecule has 2 amide bonds. The number of aliphatic carboxylic acids is 1. The first-order chi connectivity index (χ1) is 15.2. The van der Waals surface area contributed by atoms with Gasteiger partial charge >= 0.3 is 5.97 Å². The maximum Gasteiger partial charge on any atom is 0.323 e. The zero-order valence-electron chi connectivity index (χ0n) is 17.4. The Morgan fingerprint density at radius 2 is 1.94 bits per heavy atom. The van der Waals surface area contributed by atoms with Crippen molar-refractivity contribution in [3.8, 4) is 0 Å². The normalized spacial score (nSPS) is 24.4. The number of nitrogens with one attached hydrogen (secondary N) is 1. The number of anilines is 1. The van der Waals surface area contributed by atoms with Crippen molar-refractivity contribution < 1.29 is 19.5 Å². The molecule has 0 radical (unpaired) electrons. The zero-order chi connectivity index (χ0) is 23.2. The Balaban J connectivity index is 2.05. The van der Waals surface area contributed by atoms with E-state index in [2.05, 4.69) is 11.9 Å². The first kappa shape index (κ1) is 22.4. The smallest absolute Gasteiger partial charge is 0.323 e. The molecule has 166 valence electrons. The number of halogens is 2. The van der Waals surface area contributed by atoms with Crippen LogP contribution in [0.5, 0.6) is 0 Å². The van der Waals surface area contributed by atoms with Gasteiger partial charge in [0, 0.05) is 22.4 Å². The Morgan fingerprint density at radius 1 is 1.22 bits per heavy atom. The van der Waals surface area contributed by atoms with Crippen LogP contribution in [0.3, 0.4) is 0 Å². The second-order valence-electron chi connectivity index (χ2n) is 8.14. The number of carboxylic acid groups (broad SMARTS) is 1. The molecule has 0 bridgehead atoms. The van der Waals surface area contributed by atoms with Gasteiger partial charge in [0.1, 0.15) is 12.0 Å². The van der Waals surface area contributed by atoms with Gasteiger partial charge in [0.2, 0.25) is 11.8 Å². The van der Waals surface area contributed by atoms with E-state index < -0.39 is 35.8 Å². The molecule has 6 nitrogen and oxygen atoms in total. The molecule has 2 aliphatic heterocycles. The topological polar surface area (TPSA) is 86.7 Å². The van der Waals surface area contributed by atoms with Crippen molar-refractivity contribution in [2.75, 3.05) is 11.4 Å². The van der Waals surface area contributed by atoms with Crippen molar-refractivity contribution in [3.63, 3.8) is 0 Å². The van der Waals surface area contributed by atoms with Crippen LogP contribution in [0.25, 0.3) is 0 Å². The van der Waals surface area contributed by atoms with Crippen molar-refractivity contribution in [1.29, 1.82) is 0 Å². The average Bonchev–Trinajstić information content (AvgIpc) is 2.97. The van der Waals surface area contributed by atoms with E-state index in [4.69, 9.17) is 23.2 Å². The van der Waals surface area contributed by atoms with Crippen LogP contribution in [0.4, 0.5) is 5.69 Å². The Hall–Kier alpha value is -2.83. The number of piperidine rings is 1. The van der Waals surface area contributed by atoms with E-state index in [0.29, 0.717) is 33.3 Å². The molecule has 2 aromatic carbocycles. The molecule has 1 saturated heterocycles. The predicted molar refractivity (Wildman–Crippen MR) is 123 cm³/mol. The number of fused-ring (bicyclic) bond motifs is 2. The van der Waals surface area contributed by atoms with Gasteiger partial charge in [0.25, 0.3) is 0 Å². The van der Waals surface area contributed by atoms with Gasteiger partial charge in [-0.1, -0.05) is 60.5 Å². The molecule has 2 heterocycles. The van der Waals surface area contributed by atoms with Crippen molar-refractivity contribution in [3.05, 3.63) is 75.8 Å². The Labute approximate surface area is 195 Å². The van der Waals surface area contributed by atoms with Crippen LogP contribution in [0.1, 0.15) is 36.8 Å². The number of rotatable bonds is 5. The lowest BCUT2D eigenvalue weighted by Gasteiger charge is -2.47. The Bertz CT molecular complexity index is 1150. The molecule has 1 fully saturated rings. The number of hydrogen-bond donors (Lipinski definition) is 2. The fourth-order valence-electron chi connectivity index (χ4n) is 5.05. The number of amides is 2. The number of nitrogens with zero attached hydrogens (tertiary/aromatic N) is 1. The first-order valence-corrected chi connectivity index (χ1v) is 11.0. The van der Waals surface area contributed by atoms with Gasteiger partial charge in [-0.05, 0) is 41.8 Å². The molecule has 2 N–H and O–H groups in total. The summed E-state index contributed by atoms with van der Waals surface area (Å²) in [7, 11) is 0. The fraction of sp³-hybridized carbons (Fsp3) is 0.292. The number of benzene rings is 2. The summed E-state index contributed by atoms with van der Waals surface area (Å²) in [5, 5.41) is 13.4. The van der Waals surface area contributed by atoms with Gasteiger partial charge in [0.15, 0.2) is 0 Å². The maximum absolute atomic E-state index is 14.2. The predicted octanol–water partition coefficient (Wildman–Crippen LogP) is 4.30. The standard InChI is InChI=1S/C24H22Cl2N2O4/c1-3-13(2)22-24(18(11-20(29)27-22)14-5-4-6-15(25)9-14)17-8-7-16(26)10-19(17)28(23(24)32)12-21(30)31/h4-10,18,22H,2-3,11-12H2,1H3,(H,27,29)(H,30,31)/t18-,22+,24-/m0/s1. The number of carbonyl (C=O) groups excluding carboxylic acids is 2. The second kappa shape index (κ2) is 8.26. The van der Waals surface area contributed by atoms with Gasteiger partial charge in [0.05, 0.1) is 11.7 Å². The van der Waals surface area contributed by atoms with Crippen molar-refractivity contribution in [2.24, 2.45) is 0 Å². The lowest BCUT2D eigenvalue weighted by Crippen LogP contribution is -2.63. The molecular weight excluding hydrogens is 451 g/mol. The van der Waals surface area contributed by atoms with Crippen LogP contribution in [-0.2, 0) is 19.8 Å². The molecule has 0 saturated carbocycles. The average molecular weight is 473 g/mol. The molecule has 8 heteroatoms. The van der Waals surface area contributed by atoms with Crippen LogP contribution in [0, 0.1) is 0 Å². The Kier molecular flexibility index (Phi) is 5.77. The van der Waals surface area contributed by atoms with Gasteiger partial charge in [-0.3, -0.25) is 19.3 Å². The van der Waals surface area contributed by atoms with Crippen LogP contribution < -0.4 is 10.2 Å². The molecule has 2 aromatic rings. The summed E-state index contributed by atoms with van der Waals surface area (Å²) in [5.74, 6) is -2.33. The summed E-state index contributed by atoms with van der Waals surface area (Å²) in [4.78, 5) is 39.9. The highest BCUT2D eigenvalue weighted by Gasteiger charge is 2.63. The molecule has 3 atom stereocenters. The van der Waals surface area contributed by atoms with Gasteiger partial charge in [-0.2, -0.15) is 0 Å². The monoisotopic (exact) mass is 472 g/mol. The molecule has 2 aliphatic rings. The first-order valence-electron chi connectivity index (χ1n) is 10.3. The summed E-state index contributed by atoms with van der Waals surface area (Å²) >= 11 is 12.5. The lowest BCUT2D eigenvalue weighted by atomic mass is 9.59. The number of hydrogen-bond acceptors (Lipinski definition) is 3. The molecule has 4 rings (SSSR count). The molecular formula is C24H22Cl2N2O4. The highest BCUT2D eigenvalue weighted by Crippen LogP contribution is 2.56. The summed E-state index contributed by atoms with van der Waals surface area (Å²) in [5.41, 5.74) is 1.19. The van der Waals surface area contributed by atoms with Gasteiger partial charge < -0.3 is 10.4 Å². The van der Waals surface area contributed by atoms with Gasteiger partial charge in [-0.25, -0.2) is 0 Å². The fourth-order valence-corrected chi connectivity index (χ4v) is 5.41. The number of carbonyl (C=O) groups is 3. The van der Waals surface area contributed by atoms with Crippen LogP contribution in [-0.4, -0.2) is 35.5 Å². The van der Waals surface area contributed by atoms with Crippen LogP contribution in [0.15, 0.2) is 54.6 Å². The number of carboxylic acids is 1. The SMILES string of the molecule is C=C(CC)[C@H]1NC(=O)C[C@@H](c2cccc(Cl)c2)[C@]12C(=O)N(CC(=O)O)c1cc(Cl)ccc12. The third kappa shape index (κ3) is 3.38. The van der Waals surface area contributed by atoms with E-state index in [1.54, 1.807) is 36.4 Å². The quantitative estimate of drug-likeness (QED) is 0.634. The lowest BCUT2D eigenvalue weighted by molar-refractivity contribution is -0.138. The minimum atomic E-state index is -1.28. The van der Waals surface area contributed by atoms with Crippen molar-refractivity contribution >= 4 is 46.7 Å². The van der Waals surface area contributed by atoms with E-state index in [1.165, 1.54) is 4.90 Å². The zero-order valence-corrected chi connectivity index (χ0v) is 18.9. The van der Waals surface area contributed by atoms with E-state index in [-0.39, 0.29) is 12.3 Å². The second-order valence-corrected chi connectivity index (χ2v) is 9.01. The highest BCUT2D eigenvalue weighted by molar-refractivity contribution is 6.31. The van der Waals surface area contributed by atoms with Crippen LogP contribution in [0.2, 0.25) is 10.0 Å². The third-order valence-electron chi connectivity index (χ3n) is 6.40. The highest BCUT2D eigenvalue weighted by atomic mass is 35.5. The molecule has 0 unspecified atom stereocenters. The van der Waals surface area contributed by atoms with E-state index >= 15 is 0 Å². The van der Waals surface area contributed by atoms with E-state index in [1.807, 2.05) is 13.0 Å². The summed E-state index contributed by atoms with van der Waals surface area (Å²) in [6.45, 7) is 5.54. The summed E-state index contributed by atoms with van der Waals surface area (Å²) in [6, 6.07) is 11.4. The Morgan fingerprint density at radius 3 is 2.59 bits per heavy atom. The van der Waals surface area contributed by atoms with E-state index in [9.17, 15) is 19.5 Å². The third-order valence-corrected chi connectivity index (χ3v) is 6.87. The van der Waals surface area contributed by atoms with E-state index in [0.717, 1.165) is 5.56 Å². The molecule has 0 aromatic heterocycles. The molecule has 32 heavy (non-hydrogen) atoms. The van der Waals surface area contributed by atoms with Crippen molar-refractivity contribution in [2.45, 2.75) is 37.1 Å². The van der Waals surface area contributed by atoms with Crippen molar-refractivity contribution in [1.82, 2.24) is 5.32 Å². The molecule has 0 aliphatic carbocycles. The maximum atomic E-state index is 14.2. The minimum Gasteiger partial charge on any atom is -0.480 e. The summed E-state index contributed by atoms with van der Waals surface area (Å²) < 4.78 is 0. The van der Waals surface area contributed by atoms with Gasteiger partial charge in [-0.15, -0.1) is 0 Å². The minimum absolute atomic E-state index is 0.0442. The summed E-state index contributed by atoms with van der Waals surface area (Å²) in [6.07, 6.45) is 0.576. The van der Waals surface area contributed by atoms with Crippen LogP contribution >= 0.6 is 23.2 Å². The largest absolute Gasteiger partial charge is 0.480 e. The molecule has 1 spiro atoms.